The van der Waals surface area contributed by atoms with Gasteiger partial charge in [0.1, 0.15) is 45.6 Å². The quantitative estimate of drug-likeness (QED) is 0.196. The van der Waals surface area contributed by atoms with E-state index < -0.39 is 11.3 Å². The van der Waals surface area contributed by atoms with Crippen molar-refractivity contribution in [3.63, 3.8) is 0 Å². The molecule has 0 aliphatic carbocycles. The van der Waals surface area contributed by atoms with Crippen LogP contribution in [0, 0.1) is 13.8 Å². The number of nitrogens with zero attached hydrogens (tertiary/aromatic N) is 2. The molecule has 4 rings (SSSR count). The van der Waals surface area contributed by atoms with Crippen LogP contribution in [0.4, 0.5) is 11.4 Å². The second kappa shape index (κ2) is 13.3. The van der Waals surface area contributed by atoms with Gasteiger partial charge in [0.15, 0.2) is 0 Å². The van der Waals surface area contributed by atoms with Crippen molar-refractivity contribution in [3.05, 3.63) is 104 Å². The Morgan fingerprint density at radius 1 is 0.615 bits per heavy atom. The van der Waals surface area contributed by atoms with E-state index in [0.29, 0.717) is 34.3 Å². The molecule has 10 nitrogen and oxygen atoms in total. The topological polar surface area (TPSA) is 166 Å². The smallest absolute Gasteiger partial charge is 0.348 e. The van der Waals surface area contributed by atoms with Gasteiger partial charge in [0.25, 0.3) is 0 Å². The average Bonchev–Trinajstić information content (AvgIpc) is 2.81. The average molecular weight is 573 g/mol. The summed E-state index contributed by atoms with van der Waals surface area (Å²) in [7, 11) is 0. The molecule has 11 heteroatoms. The van der Waals surface area contributed by atoms with Crippen molar-refractivity contribution in [1.29, 1.82) is 0 Å². The molecule has 0 aliphatic heterocycles. The van der Waals surface area contributed by atoms with Crippen LogP contribution in [0.15, 0.2) is 89.1 Å². The Balaban J connectivity index is 0.000000267. The van der Waals surface area contributed by atoms with Crippen molar-refractivity contribution in [2.45, 2.75) is 27.7 Å². The van der Waals surface area contributed by atoms with Gasteiger partial charge in [0.2, 0.25) is 0 Å². The number of hydrogen-bond donors (Lipinski definition) is 4. The minimum absolute atomic E-state index is 0. The fourth-order valence-electron chi connectivity index (χ4n) is 3.41. The monoisotopic (exact) mass is 573 g/mol. The van der Waals surface area contributed by atoms with E-state index in [1.54, 1.807) is 52.0 Å². The minimum Gasteiger partial charge on any atom is -0.508 e. The van der Waals surface area contributed by atoms with E-state index in [2.05, 4.69) is 9.98 Å². The summed E-state index contributed by atoms with van der Waals surface area (Å²) < 4.78 is 9.86. The molecule has 0 unspecified atom stereocenters. The van der Waals surface area contributed by atoms with E-state index in [1.165, 1.54) is 36.4 Å². The number of benzene rings is 2. The zero-order valence-corrected chi connectivity index (χ0v) is 22.6. The predicted molar refractivity (Wildman–Crippen MR) is 143 cm³/mol. The van der Waals surface area contributed by atoms with Crippen LogP contribution in [0.25, 0.3) is 0 Å². The molecule has 0 atom stereocenters. The third-order valence-corrected chi connectivity index (χ3v) is 5.12. The van der Waals surface area contributed by atoms with Gasteiger partial charge in [-0.15, -0.1) is 0 Å². The third-order valence-electron chi connectivity index (χ3n) is 5.12. The molecule has 1 radical (unpaired) electrons. The van der Waals surface area contributed by atoms with Gasteiger partial charge in [0, 0.05) is 29.2 Å². The van der Waals surface area contributed by atoms with Crippen molar-refractivity contribution < 1.29 is 46.3 Å². The zero-order chi connectivity index (χ0) is 28.0. The Morgan fingerprint density at radius 2 is 0.923 bits per heavy atom. The van der Waals surface area contributed by atoms with E-state index >= 15 is 0 Å². The summed E-state index contributed by atoms with van der Waals surface area (Å²) in [6.07, 6.45) is 0. The van der Waals surface area contributed by atoms with Gasteiger partial charge in [-0.2, -0.15) is 0 Å². The van der Waals surface area contributed by atoms with Crippen LogP contribution < -0.4 is 11.3 Å². The van der Waals surface area contributed by atoms with Gasteiger partial charge < -0.3 is 29.3 Å². The Kier molecular flexibility index (Phi) is 10.4. The Morgan fingerprint density at radius 3 is 1.21 bits per heavy atom. The van der Waals surface area contributed by atoms with Crippen molar-refractivity contribution in [2.24, 2.45) is 9.98 Å². The van der Waals surface area contributed by atoms with Gasteiger partial charge in [-0.1, -0.05) is 0 Å². The molecule has 2 aromatic carbocycles. The third kappa shape index (κ3) is 8.19. The van der Waals surface area contributed by atoms with Gasteiger partial charge in [-0.25, -0.2) is 9.59 Å². The molecule has 39 heavy (non-hydrogen) atoms. The molecule has 4 aromatic rings. The summed E-state index contributed by atoms with van der Waals surface area (Å²) in [6.45, 7) is 6.37. The molecule has 0 bridgehead atoms. The molecule has 0 saturated heterocycles. The van der Waals surface area contributed by atoms with Gasteiger partial charge >= 0.3 is 11.3 Å². The Hall–Kier alpha value is -4.60. The van der Waals surface area contributed by atoms with Gasteiger partial charge in [-0.05, 0) is 76.2 Å². The minimum atomic E-state index is -0.627. The van der Waals surface area contributed by atoms with Crippen molar-refractivity contribution in [2.75, 3.05) is 0 Å². The van der Waals surface area contributed by atoms with E-state index in [1.807, 2.05) is 0 Å². The number of hydrogen-bond acceptors (Lipinski definition) is 10. The summed E-state index contributed by atoms with van der Waals surface area (Å²) in [6, 6.07) is 15.1. The SMILES string of the molecule is CC(=Nc1ccc(O)cc1)c1c(O)cc(C)oc1=O.CC(=Nc1ccc(O)cc1)c1c(O)cc(C)oc1=O.[Mn]. The molecule has 2 aromatic heterocycles. The predicted octanol–water partition coefficient (Wildman–Crippen LogP) is 5.00. The van der Waals surface area contributed by atoms with Crippen LogP contribution in [0.3, 0.4) is 0 Å². The van der Waals surface area contributed by atoms with Crippen LogP contribution in [0.1, 0.15) is 36.5 Å². The van der Waals surface area contributed by atoms with Crippen LogP contribution in [0.5, 0.6) is 23.0 Å². The first-order valence-electron chi connectivity index (χ1n) is 11.3. The van der Waals surface area contributed by atoms with Crippen LogP contribution >= 0.6 is 0 Å². The largest absolute Gasteiger partial charge is 0.508 e. The number of aromatic hydroxyl groups is 4. The van der Waals surface area contributed by atoms with Gasteiger partial charge in [-0.3, -0.25) is 9.98 Å². The summed E-state index contributed by atoms with van der Waals surface area (Å²) >= 11 is 0. The van der Waals surface area contributed by atoms with Crippen LogP contribution in [-0.2, 0) is 17.1 Å². The fourth-order valence-corrected chi connectivity index (χ4v) is 3.41. The van der Waals surface area contributed by atoms with Crippen molar-refractivity contribution >= 4 is 22.8 Å². The summed E-state index contributed by atoms with van der Waals surface area (Å²) in [5, 5.41) is 37.9. The molecular formula is C28H26MnN2O8. The summed E-state index contributed by atoms with van der Waals surface area (Å²) in [4.78, 5) is 31.8. The maximum absolute atomic E-state index is 11.7. The maximum atomic E-state index is 11.7. The van der Waals surface area contributed by atoms with Crippen molar-refractivity contribution in [3.8, 4) is 23.0 Å². The van der Waals surface area contributed by atoms with E-state index in [0.717, 1.165) is 0 Å². The first-order chi connectivity index (χ1) is 17.9. The number of aliphatic imine (C=N–C) groups is 2. The molecule has 4 N–H and O–H groups in total. The Bertz CT molecular complexity index is 1500. The van der Waals surface area contributed by atoms with E-state index in [-0.39, 0.29) is 51.2 Å². The molecule has 0 saturated carbocycles. The molecule has 2 heterocycles. The maximum Gasteiger partial charge on any atom is 0.348 e. The summed E-state index contributed by atoms with van der Waals surface area (Å²) in [5.41, 5.74) is 0.644. The first kappa shape index (κ1) is 30.6. The number of aryl methyl sites for hydroxylation is 2. The van der Waals surface area contributed by atoms with Crippen molar-refractivity contribution in [1.82, 2.24) is 0 Å². The fraction of sp³-hybridized carbons (Fsp3) is 0.143. The molecule has 0 amide bonds. The molecule has 0 aliphatic rings. The molecule has 203 valence electrons. The van der Waals surface area contributed by atoms with Crippen LogP contribution in [0.2, 0.25) is 0 Å². The van der Waals surface area contributed by atoms with Gasteiger partial charge in [0.05, 0.1) is 22.8 Å². The zero-order valence-electron chi connectivity index (χ0n) is 21.5. The number of phenolic OH excluding ortho intramolecular Hbond substituents is 2. The number of rotatable bonds is 4. The standard InChI is InChI=1S/2C14H13NO4.Mn/c2*1-8-7-12(17)13(14(18)19-8)9(2)15-10-3-5-11(16)6-4-10;/h2*3-7,16-17H,1-2H3;. The second-order valence-electron chi connectivity index (χ2n) is 8.24. The first-order valence-corrected chi connectivity index (χ1v) is 11.3. The van der Waals surface area contributed by atoms with E-state index in [4.69, 9.17) is 8.83 Å². The molecular weight excluding hydrogens is 547 g/mol. The van der Waals surface area contributed by atoms with E-state index in [9.17, 15) is 30.0 Å². The molecule has 0 spiro atoms. The summed E-state index contributed by atoms with van der Waals surface area (Å²) in [5.74, 6) is 0.624. The Labute approximate surface area is 233 Å². The van der Waals surface area contributed by atoms with Crippen LogP contribution in [-0.4, -0.2) is 31.8 Å². The molecule has 0 fully saturated rings. The normalized spacial score (nSPS) is 11.3. The second-order valence-corrected chi connectivity index (χ2v) is 8.24. The number of phenols is 2.